The van der Waals surface area contributed by atoms with Gasteiger partial charge in [0, 0.05) is 47.9 Å². The number of carbonyl (C=O) groups is 1. The Hall–Kier alpha value is -1.22. The standard InChI is InChI=1S/C13H17ClNO2/c1-9(15(17)13(2,3)4)12(16)10-6-5-7-11(14)8-10/h5-9H,1-4H3/q+1/t9-/m0/s1/i9D. The molecule has 0 unspecified atom stereocenters. The van der Waals surface area contributed by atoms with Gasteiger partial charge in [0.1, 0.15) is 1.37 Å². The highest BCUT2D eigenvalue weighted by Crippen LogP contribution is 2.16. The van der Waals surface area contributed by atoms with Crippen molar-refractivity contribution in [3.63, 3.8) is 0 Å². The fraction of sp³-hybridized carbons (Fsp3) is 0.462. The van der Waals surface area contributed by atoms with Crippen molar-refractivity contribution in [1.82, 2.24) is 0 Å². The van der Waals surface area contributed by atoms with Gasteiger partial charge in [-0.05, 0) is 12.1 Å². The molecule has 0 aliphatic rings. The minimum atomic E-state index is -1.87. The van der Waals surface area contributed by atoms with E-state index in [0.717, 1.165) is 0 Å². The molecule has 0 heterocycles. The maximum Gasteiger partial charge on any atom is 0.261 e. The lowest BCUT2D eigenvalue weighted by Gasteiger charge is -2.13. The van der Waals surface area contributed by atoms with Crippen LogP contribution in [0.4, 0.5) is 0 Å². The highest BCUT2D eigenvalue weighted by atomic mass is 35.5. The van der Waals surface area contributed by atoms with Gasteiger partial charge in [-0.15, -0.1) is 0 Å². The molecule has 17 heavy (non-hydrogen) atoms. The maximum atomic E-state index is 12.2. The Labute approximate surface area is 108 Å². The highest BCUT2D eigenvalue weighted by Gasteiger charge is 2.38. The number of carbonyl (C=O) groups excluding carboxylic acids is 1. The van der Waals surface area contributed by atoms with Crippen molar-refractivity contribution in [2.45, 2.75) is 39.3 Å². The first kappa shape index (κ1) is 12.2. The summed E-state index contributed by atoms with van der Waals surface area (Å²) in [5.41, 5.74) is -0.546. The molecule has 0 spiro atoms. The predicted molar refractivity (Wildman–Crippen MR) is 68.6 cm³/mol. The summed E-state index contributed by atoms with van der Waals surface area (Å²) >= 11 is 5.80. The van der Waals surface area contributed by atoms with E-state index in [2.05, 4.69) is 0 Å². The summed E-state index contributed by atoms with van der Waals surface area (Å²) in [4.78, 5) is 24.3. The topological polar surface area (TPSA) is 37.1 Å². The van der Waals surface area contributed by atoms with Gasteiger partial charge in [0.2, 0.25) is 11.3 Å². The molecule has 1 aromatic carbocycles. The summed E-state index contributed by atoms with van der Waals surface area (Å²) < 4.78 is 8.53. The van der Waals surface area contributed by atoms with Gasteiger partial charge in [0.15, 0.2) is 0 Å². The smallest absolute Gasteiger partial charge is 0.261 e. The number of Topliss-reactive ketones (excluding diaryl/α,β-unsaturated/α-hetero) is 1. The molecule has 0 bridgehead atoms. The Morgan fingerprint density at radius 2 is 2.06 bits per heavy atom. The molecule has 0 radical (unpaired) electrons. The van der Waals surface area contributed by atoms with E-state index in [0.29, 0.717) is 9.78 Å². The van der Waals surface area contributed by atoms with Crippen LogP contribution < -0.4 is 0 Å². The zero-order valence-electron chi connectivity index (χ0n) is 11.5. The molecule has 0 saturated heterocycles. The van der Waals surface area contributed by atoms with Crippen LogP contribution in [0.1, 0.15) is 39.4 Å². The van der Waals surface area contributed by atoms with Crippen LogP contribution in [0.3, 0.4) is 0 Å². The molecular weight excluding hydrogens is 238 g/mol. The Bertz CT molecular complexity index is 492. The van der Waals surface area contributed by atoms with Crippen molar-refractivity contribution in [1.29, 1.82) is 0 Å². The van der Waals surface area contributed by atoms with E-state index in [1.165, 1.54) is 13.0 Å². The van der Waals surface area contributed by atoms with E-state index in [1.54, 1.807) is 39.0 Å². The van der Waals surface area contributed by atoms with Crippen LogP contribution in [-0.4, -0.2) is 22.1 Å². The zero-order valence-corrected chi connectivity index (χ0v) is 11.2. The van der Waals surface area contributed by atoms with Crippen LogP contribution in [0.5, 0.6) is 0 Å². The van der Waals surface area contributed by atoms with Gasteiger partial charge in [-0.25, -0.2) is 0 Å². The van der Waals surface area contributed by atoms with Crippen LogP contribution in [-0.2, 0) is 0 Å². The van der Waals surface area contributed by atoms with Crippen LogP contribution in [0.15, 0.2) is 24.3 Å². The normalized spacial score (nSPS) is 15.9. The molecule has 4 heteroatoms. The summed E-state index contributed by atoms with van der Waals surface area (Å²) in [7, 11) is 0. The Kier molecular flexibility index (Phi) is 3.57. The second kappa shape index (κ2) is 4.96. The van der Waals surface area contributed by atoms with Crippen LogP contribution >= 0.6 is 11.6 Å². The molecule has 0 fully saturated rings. The van der Waals surface area contributed by atoms with Crippen molar-refractivity contribution < 1.29 is 10.9 Å². The van der Waals surface area contributed by atoms with Crippen LogP contribution in [0, 0.1) is 4.91 Å². The molecule has 3 nitrogen and oxygen atoms in total. The van der Waals surface area contributed by atoms with Crippen molar-refractivity contribution >= 4 is 17.4 Å². The van der Waals surface area contributed by atoms with Gasteiger partial charge >= 0.3 is 0 Å². The van der Waals surface area contributed by atoms with E-state index in [4.69, 9.17) is 13.0 Å². The van der Waals surface area contributed by atoms with Crippen LogP contribution in [0.25, 0.3) is 0 Å². The van der Waals surface area contributed by atoms with Gasteiger partial charge < -0.3 is 0 Å². The molecule has 0 amide bonds. The third-order valence-electron chi connectivity index (χ3n) is 2.33. The number of hydrogen-bond donors (Lipinski definition) is 0. The SMILES string of the molecule is [2H][C@](C)(C(=O)c1cccc(Cl)c1)[N+](=O)C(C)(C)C. The average molecular weight is 256 g/mol. The molecule has 0 aromatic heterocycles. The van der Waals surface area contributed by atoms with Gasteiger partial charge in [0.25, 0.3) is 6.02 Å². The van der Waals surface area contributed by atoms with Crippen molar-refractivity contribution in [2.24, 2.45) is 0 Å². The molecular formula is C13H17ClNO2+. The first-order valence-corrected chi connectivity index (χ1v) is 5.72. The number of hydrogen-bond acceptors (Lipinski definition) is 2. The van der Waals surface area contributed by atoms with Crippen molar-refractivity contribution in [2.75, 3.05) is 0 Å². The second-order valence-electron chi connectivity index (χ2n) is 4.89. The third-order valence-corrected chi connectivity index (χ3v) is 2.56. The molecule has 92 valence electrons. The maximum absolute atomic E-state index is 12.2. The van der Waals surface area contributed by atoms with E-state index in [-0.39, 0.29) is 5.56 Å². The van der Waals surface area contributed by atoms with E-state index < -0.39 is 17.3 Å². The zero-order chi connectivity index (χ0) is 14.1. The van der Waals surface area contributed by atoms with Gasteiger partial charge in [-0.3, -0.25) is 4.79 Å². The molecule has 0 aliphatic heterocycles. The quantitative estimate of drug-likeness (QED) is 0.612. The lowest BCUT2D eigenvalue weighted by molar-refractivity contribution is -0.632. The summed E-state index contributed by atoms with van der Waals surface area (Å²) in [6, 6.07) is 4.41. The molecule has 1 aromatic rings. The Balaban J connectivity index is 3.14. The lowest BCUT2D eigenvalue weighted by Crippen LogP contribution is -2.41. The number of rotatable bonds is 3. The van der Waals surface area contributed by atoms with E-state index in [1.807, 2.05) is 0 Å². The summed E-state index contributed by atoms with van der Waals surface area (Å²) in [5.74, 6) is -0.560. The van der Waals surface area contributed by atoms with E-state index >= 15 is 0 Å². The average Bonchev–Trinajstić information content (AvgIpc) is 2.25. The Morgan fingerprint density at radius 3 is 2.53 bits per heavy atom. The molecule has 0 aliphatic carbocycles. The second-order valence-corrected chi connectivity index (χ2v) is 5.33. The fourth-order valence-electron chi connectivity index (χ4n) is 1.43. The first-order valence-electron chi connectivity index (χ1n) is 5.84. The summed E-state index contributed by atoms with van der Waals surface area (Å²) in [5, 5.41) is 0.407. The Morgan fingerprint density at radius 1 is 1.47 bits per heavy atom. The number of halogens is 1. The first-order chi connectivity index (χ1) is 8.06. The van der Waals surface area contributed by atoms with Crippen molar-refractivity contribution in [3.8, 4) is 0 Å². The number of nitrogens with zero attached hydrogens (tertiary/aromatic N) is 1. The van der Waals surface area contributed by atoms with E-state index in [9.17, 15) is 9.70 Å². The highest BCUT2D eigenvalue weighted by molar-refractivity contribution is 6.31. The largest absolute Gasteiger partial charge is 0.286 e. The molecule has 0 N–H and O–H groups in total. The van der Waals surface area contributed by atoms with Crippen LogP contribution in [0.2, 0.25) is 5.02 Å². The number of ketones is 1. The summed E-state index contributed by atoms with van der Waals surface area (Å²) in [6.45, 7) is 6.29. The number of benzene rings is 1. The van der Waals surface area contributed by atoms with Gasteiger partial charge in [0.05, 0.1) is 0 Å². The molecule has 1 atom stereocenters. The third kappa shape index (κ3) is 3.37. The minimum absolute atomic E-state index is 0.269. The lowest BCUT2D eigenvalue weighted by atomic mass is 10.0. The van der Waals surface area contributed by atoms with Gasteiger partial charge in [-0.1, -0.05) is 23.7 Å². The van der Waals surface area contributed by atoms with Gasteiger partial charge in [-0.2, -0.15) is 0 Å². The monoisotopic (exact) mass is 255 g/mol. The number of nitroso groups, excluding NO2 is 1. The predicted octanol–water partition coefficient (Wildman–Crippen LogP) is 3.49. The molecule has 1 rings (SSSR count). The molecule has 0 saturated carbocycles. The summed E-state index contributed by atoms with van der Waals surface area (Å²) in [6.07, 6.45) is 0. The minimum Gasteiger partial charge on any atom is -0.286 e. The van der Waals surface area contributed by atoms with Crippen molar-refractivity contribution in [3.05, 3.63) is 39.8 Å². The fourth-order valence-corrected chi connectivity index (χ4v) is 1.62.